The number of aromatic nitrogens is 3. The number of imidazole rings is 1. The molecular weight excluding hydrogens is 482 g/mol. The molecule has 0 fully saturated rings. The highest BCUT2D eigenvalue weighted by Gasteiger charge is 2.29. The van der Waals surface area contributed by atoms with Gasteiger partial charge < -0.3 is 4.57 Å². The highest BCUT2D eigenvalue weighted by atomic mass is 127. The fourth-order valence-electron chi connectivity index (χ4n) is 2.44. The Morgan fingerprint density at radius 3 is 2.68 bits per heavy atom. The molecular formula is C16H13F3IN3S2. The molecule has 0 atom stereocenters. The maximum absolute atomic E-state index is 12.6. The molecule has 3 aromatic rings. The second kappa shape index (κ2) is 7.36. The lowest BCUT2D eigenvalue weighted by molar-refractivity contribution is -0.0328. The van der Waals surface area contributed by atoms with Crippen LogP contribution in [0.25, 0.3) is 22.6 Å². The Balaban J connectivity index is 2.10. The predicted molar refractivity (Wildman–Crippen MR) is 105 cm³/mol. The molecule has 3 nitrogen and oxygen atoms in total. The van der Waals surface area contributed by atoms with Crippen molar-refractivity contribution in [1.29, 1.82) is 0 Å². The van der Waals surface area contributed by atoms with Gasteiger partial charge in [0.2, 0.25) is 0 Å². The molecule has 0 radical (unpaired) electrons. The summed E-state index contributed by atoms with van der Waals surface area (Å²) < 4.78 is 40.7. The van der Waals surface area contributed by atoms with Crippen LogP contribution in [0.4, 0.5) is 13.2 Å². The fraction of sp³-hybridized carbons (Fsp3) is 0.250. The normalized spacial score (nSPS) is 12.1. The second-order valence-corrected chi connectivity index (χ2v) is 8.82. The van der Waals surface area contributed by atoms with Crippen LogP contribution < -0.4 is 0 Å². The quantitative estimate of drug-likeness (QED) is 0.330. The van der Waals surface area contributed by atoms with Gasteiger partial charge in [-0.3, -0.25) is 4.98 Å². The summed E-state index contributed by atoms with van der Waals surface area (Å²) in [5.41, 5.74) is -2.27. The van der Waals surface area contributed by atoms with Gasteiger partial charge in [0.25, 0.3) is 0 Å². The van der Waals surface area contributed by atoms with E-state index in [9.17, 15) is 13.2 Å². The number of benzene rings is 1. The van der Waals surface area contributed by atoms with E-state index in [0.717, 1.165) is 25.4 Å². The Morgan fingerprint density at radius 2 is 2.00 bits per heavy atom. The van der Waals surface area contributed by atoms with E-state index in [0.29, 0.717) is 11.3 Å². The summed E-state index contributed by atoms with van der Waals surface area (Å²) in [6, 6.07) is 6.64. The average molecular weight is 495 g/mol. The Kier molecular flexibility index (Phi) is 5.54. The summed E-state index contributed by atoms with van der Waals surface area (Å²) in [4.78, 5) is 10.2. The van der Waals surface area contributed by atoms with Gasteiger partial charge in [-0.1, -0.05) is 6.92 Å². The molecule has 1 aromatic carbocycles. The van der Waals surface area contributed by atoms with Crippen molar-refractivity contribution < 1.29 is 13.2 Å². The summed E-state index contributed by atoms with van der Waals surface area (Å²) >= 11 is 3.75. The van der Waals surface area contributed by atoms with Gasteiger partial charge >= 0.3 is 5.51 Å². The molecule has 0 amide bonds. The Bertz CT molecular complexity index is 925. The first-order valence-electron chi connectivity index (χ1n) is 7.29. The number of hydrogen-bond donors (Lipinski definition) is 0. The van der Waals surface area contributed by atoms with Crippen molar-refractivity contribution in [2.75, 3.05) is 5.75 Å². The van der Waals surface area contributed by atoms with Crippen LogP contribution in [0.3, 0.4) is 0 Å². The van der Waals surface area contributed by atoms with Crippen LogP contribution in [0.1, 0.15) is 6.92 Å². The standard InChI is InChI=1S/C16H13F3IN3S2/c1-3-24-13-6-9(20)8-21-14(13)15-22-11-7-10(25-16(17,18)19)4-5-12(11)23(15)2/h4-8H,3H2,1-2H3. The molecule has 2 aromatic heterocycles. The third-order valence-corrected chi connectivity index (χ3v) is 5.64. The first-order valence-corrected chi connectivity index (χ1v) is 10.2. The molecule has 0 bridgehead atoms. The van der Waals surface area contributed by atoms with Crippen molar-refractivity contribution in [3.05, 3.63) is 34.0 Å². The van der Waals surface area contributed by atoms with Crippen LogP contribution in [0, 0.1) is 3.57 Å². The van der Waals surface area contributed by atoms with Gasteiger partial charge in [-0.25, -0.2) is 4.98 Å². The van der Waals surface area contributed by atoms with E-state index in [-0.39, 0.29) is 16.7 Å². The zero-order valence-corrected chi connectivity index (χ0v) is 17.1. The smallest absolute Gasteiger partial charge is 0.326 e. The van der Waals surface area contributed by atoms with Crippen LogP contribution in [0.5, 0.6) is 0 Å². The van der Waals surface area contributed by atoms with E-state index in [2.05, 4.69) is 39.5 Å². The number of alkyl halides is 3. The van der Waals surface area contributed by atoms with Gasteiger partial charge in [0.15, 0.2) is 5.82 Å². The minimum Gasteiger partial charge on any atom is -0.326 e. The minimum absolute atomic E-state index is 0.128. The second-order valence-electron chi connectivity index (χ2n) is 5.13. The SMILES string of the molecule is CCSc1cc(I)cnc1-c1nc2cc(SC(F)(F)F)ccc2n1C. The first-order chi connectivity index (χ1) is 11.8. The van der Waals surface area contributed by atoms with E-state index >= 15 is 0 Å². The predicted octanol–water partition coefficient (Wildman–Crippen LogP) is 5.96. The summed E-state index contributed by atoms with van der Waals surface area (Å²) in [7, 11) is 1.85. The Morgan fingerprint density at radius 1 is 1.24 bits per heavy atom. The number of pyridine rings is 1. The number of thioether (sulfide) groups is 2. The maximum Gasteiger partial charge on any atom is 0.446 e. The first kappa shape index (κ1) is 18.8. The molecule has 0 spiro atoms. The van der Waals surface area contributed by atoms with Crippen molar-refractivity contribution >= 4 is 57.1 Å². The Hall–Kier alpha value is -0.940. The van der Waals surface area contributed by atoms with Crippen molar-refractivity contribution in [1.82, 2.24) is 14.5 Å². The highest BCUT2D eigenvalue weighted by Crippen LogP contribution is 2.38. The van der Waals surface area contributed by atoms with Crippen molar-refractivity contribution in [2.45, 2.75) is 22.2 Å². The van der Waals surface area contributed by atoms with Crippen LogP contribution in [-0.2, 0) is 7.05 Å². The molecule has 0 aliphatic carbocycles. The monoisotopic (exact) mass is 495 g/mol. The molecule has 132 valence electrons. The van der Waals surface area contributed by atoms with Crippen molar-refractivity contribution in [3.8, 4) is 11.5 Å². The minimum atomic E-state index is -4.31. The molecule has 25 heavy (non-hydrogen) atoms. The fourth-order valence-corrected chi connectivity index (χ4v) is 4.48. The average Bonchev–Trinajstić information content (AvgIpc) is 2.83. The van der Waals surface area contributed by atoms with Gasteiger partial charge in [0.05, 0.1) is 11.0 Å². The van der Waals surface area contributed by atoms with E-state index in [4.69, 9.17) is 0 Å². The van der Waals surface area contributed by atoms with Gasteiger partial charge in [0.1, 0.15) is 5.69 Å². The molecule has 0 aliphatic heterocycles. The van der Waals surface area contributed by atoms with E-state index in [1.807, 2.05) is 17.7 Å². The van der Waals surface area contributed by atoms with E-state index in [1.165, 1.54) is 12.1 Å². The molecule has 0 saturated carbocycles. The lowest BCUT2D eigenvalue weighted by Gasteiger charge is -2.08. The summed E-state index contributed by atoms with van der Waals surface area (Å²) in [5.74, 6) is 1.54. The number of rotatable bonds is 4. The summed E-state index contributed by atoms with van der Waals surface area (Å²) in [5, 5.41) is 0. The topological polar surface area (TPSA) is 30.7 Å². The number of halogens is 4. The lowest BCUT2D eigenvalue weighted by Crippen LogP contribution is -1.98. The largest absolute Gasteiger partial charge is 0.446 e. The molecule has 3 rings (SSSR count). The van der Waals surface area contributed by atoms with Crippen LogP contribution in [-0.4, -0.2) is 25.8 Å². The van der Waals surface area contributed by atoms with E-state index in [1.54, 1.807) is 24.0 Å². The summed E-state index contributed by atoms with van der Waals surface area (Å²) in [6.45, 7) is 2.06. The Labute approximate surface area is 164 Å². The van der Waals surface area contributed by atoms with E-state index < -0.39 is 5.51 Å². The van der Waals surface area contributed by atoms with Crippen molar-refractivity contribution in [3.63, 3.8) is 0 Å². The molecule has 0 unspecified atom stereocenters. The van der Waals surface area contributed by atoms with Crippen LogP contribution >= 0.6 is 46.1 Å². The zero-order valence-electron chi connectivity index (χ0n) is 13.3. The highest BCUT2D eigenvalue weighted by molar-refractivity contribution is 14.1. The number of hydrogen-bond acceptors (Lipinski definition) is 4. The van der Waals surface area contributed by atoms with Gasteiger partial charge in [-0.05, 0) is 64.4 Å². The van der Waals surface area contributed by atoms with Gasteiger partial charge in [-0.15, -0.1) is 11.8 Å². The summed E-state index contributed by atoms with van der Waals surface area (Å²) in [6.07, 6.45) is 1.76. The van der Waals surface area contributed by atoms with Crippen LogP contribution in [0.15, 0.2) is 40.3 Å². The number of fused-ring (bicyclic) bond motifs is 1. The van der Waals surface area contributed by atoms with Crippen molar-refractivity contribution in [2.24, 2.45) is 7.05 Å². The molecule has 0 saturated heterocycles. The molecule has 9 heteroatoms. The number of aryl methyl sites for hydroxylation is 1. The third kappa shape index (κ3) is 4.25. The maximum atomic E-state index is 12.6. The molecule has 0 N–H and O–H groups in total. The van der Waals surface area contributed by atoms with Gasteiger partial charge in [0, 0.05) is 26.6 Å². The number of nitrogens with zero attached hydrogens (tertiary/aromatic N) is 3. The third-order valence-electron chi connectivity index (χ3n) is 3.42. The van der Waals surface area contributed by atoms with Gasteiger partial charge in [-0.2, -0.15) is 13.2 Å². The molecule has 0 aliphatic rings. The molecule has 2 heterocycles. The zero-order chi connectivity index (χ0) is 18.2. The van der Waals surface area contributed by atoms with Crippen LogP contribution in [0.2, 0.25) is 0 Å². The lowest BCUT2D eigenvalue weighted by atomic mass is 10.3.